The molecular weight excluding hydrogens is 283 g/mol. The molecular formula is C13H14Cl2N4. The first-order valence-electron chi connectivity index (χ1n) is 5.64. The molecule has 0 saturated carbocycles. The van der Waals surface area contributed by atoms with E-state index in [4.69, 9.17) is 34.7 Å². The third kappa shape index (κ3) is 3.59. The van der Waals surface area contributed by atoms with E-state index in [-0.39, 0.29) is 0 Å². The van der Waals surface area contributed by atoms with Crippen molar-refractivity contribution in [2.45, 2.75) is 0 Å². The fraction of sp³-hybridized carbons (Fsp3) is 0.0769. The van der Waals surface area contributed by atoms with Crippen LogP contribution < -0.4 is 22.1 Å². The van der Waals surface area contributed by atoms with Crippen LogP contribution in [-0.4, -0.2) is 6.67 Å². The van der Waals surface area contributed by atoms with Crippen molar-refractivity contribution in [3.8, 4) is 0 Å². The zero-order chi connectivity index (χ0) is 13.8. The number of rotatable bonds is 4. The molecule has 0 aliphatic rings. The maximum Gasteiger partial charge on any atom is 0.0850 e. The normalized spacial score (nSPS) is 10.2. The van der Waals surface area contributed by atoms with Crippen molar-refractivity contribution in [2.24, 2.45) is 0 Å². The van der Waals surface area contributed by atoms with Crippen molar-refractivity contribution in [3.05, 3.63) is 46.4 Å². The van der Waals surface area contributed by atoms with Crippen LogP contribution in [0.1, 0.15) is 0 Å². The molecule has 19 heavy (non-hydrogen) atoms. The van der Waals surface area contributed by atoms with Crippen molar-refractivity contribution in [1.29, 1.82) is 0 Å². The Morgan fingerprint density at radius 3 is 1.58 bits per heavy atom. The highest BCUT2D eigenvalue weighted by molar-refractivity contribution is 6.31. The van der Waals surface area contributed by atoms with E-state index in [2.05, 4.69) is 10.6 Å². The lowest BCUT2D eigenvalue weighted by Crippen LogP contribution is -2.13. The molecule has 0 saturated heterocycles. The Labute approximate surface area is 121 Å². The molecule has 0 radical (unpaired) electrons. The summed E-state index contributed by atoms with van der Waals surface area (Å²) in [5, 5.41) is 7.51. The molecule has 0 fully saturated rings. The van der Waals surface area contributed by atoms with Gasteiger partial charge in [-0.1, -0.05) is 23.2 Å². The van der Waals surface area contributed by atoms with Crippen LogP contribution in [0, 0.1) is 0 Å². The van der Waals surface area contributed by atoms with Gasteiger partial charge in [-0.15, -0.1) is 0 Å². The Kier molecular flexibility index (Phi) is 4.24. The fourth-order valence-electron chi connectivity index (χ4n) is 1.62. The number of nitrogens with two attached hydrogens (primary N) is 2. The smallest absolute Gasteiger partial charge is 0.0850 e. The van der Waals surface area contributed by atoms with Gasteiger partial charge in [-0.25, -0.2) is 0 Å². The minimum Gasteiger partial charge on any atom is -0.397 e. The number of halogens is 2. The summed E-state index contributed by atoms with van der Waals surface area (Å²) in [6.07, 6.45) is 0. The Morgan fingerprint density at radius 1 is 0.789 bits per heavy atom. The van der Waals surface area contributed by atoms with E-state index < -0.39 is 0 Å². The molecule has 0 aliphatic carbocycles. The quantitative estimate of drug-likeness (QED) is 0.513. The van der Waals surface area contributed by atoms with E-state index >= 15 is 0 Å². The number of nitrogens with one attached hydrogen (secondary N) is 2. The van der Waals surface area contributed by atoms with E-state index in [1.54, 1.807) is 24.3 Å². The summed E-state index contributed by atoms with van der Waals surface area (Å²) in [5.74, 6) is 0. The fourth-order valence-corrected chi connectivity index (χ4v) is 1.98. The number of hydrogen-bond donors (Lipinski definition) is 4. The summed E-state index contributed by atoms with van der Waals surface area (Å²) in [6.45, 7) is 0.484. The van der Waals surface area contributed by atoms with E-state index in [9.17, 15) is 0 Å². The van der Waals surface area contributed by atoms with Gasteiger partial charge in [-0.2, -0.15) is 0 Å². The summed E-state index contributed by atoms with van der Waals surface area (Å²) in [5.41, 5.74) is 14.5. The van der Waals surface area contributed by atoms with Crippen LogP contribution in [0.3, 0.4) is 0 Å². The van der Waals surface area contributed by atoms with Gasteiger partial charge >= 0.3 is 0 Å². The molecule has 0 spiro atoms. The summed E-state index contributed by atoms with van der Waals surface area (Å²) in [4.78, 5) is 0. The van der Waals surface area contributed by atoms with Crippen LogP contribution in [0.25, 0.3) is 0 Å². The average molecular weight is 297 g/mol. The molecule has 6 heteroatoms. The molecule has 0 unspecified atom stereocenters. The van der Waals surface area contributed by atoms with E-state index in [1.165, 1.54) is 0 Å². The zero-order valence-electron chi connectivity index (χ0n) is 10.1. The minimum atomic E-state index is 0.484. The molecule has 4 nitrogen and oxygen atoms in total. The van der Waals surface area contributed by atoms with Crippen LogP contribution in [-0.2, 0) is 0 Å². The first-order chi connectivity index (χ1) is 9.06. The molecule has 2 aromatic rings. The molecule has 0 aliphatic heterocycles. The molecule has 0 aromatic heterocycles. The van der Waals surface area contributed by atoms with Gasteiger partial charge in [0, 0.05) is 10.0 Å². The Hall–Kier alpha value is -1.78. The first-order valence-corrected chi connectivity index (χ1v) is 6.39. The predicted octanol–water partition coefficient (Wildman–Crippen LogP) is 3.64. The molecule has 100 valence electrons. The van der Waals surface area contributed by atoms with Crippen LogP contribution >= 0.6 is 23.2 Å². The van der Waals surface area contributed by atoms with E-state index in [1.807, 2.05) is 12.1 Å². The highest BCUT2D eigenvalue weighted by Crippen LogP contribution is 2.24. The van der Waals surface area contributed by atoms with Gasteiger partial charge in [-0.3, -0.25) is 0 Å². The minimum absolute atomic E-state index is 0.484. The average Bonchev–Trinajstić information content (AvgIpc) is 2.34. The summed E-state index contributed by atoms with van der Waals surface area (Å²) in [6, 6.07) is 10.6. The largest absolute Gasteiger partial charge is 0.397 e. The SMILES string of the molecule is Nc1cc(Cl)ccc1NCNc1ccc(Cl)cc1N. The first kappa shape index (κ1) is 13.6. The van der Waals surface area contributed by atoms with Crippen molar-refractivity contribution >= 4 is 46.0 Å². The standard InChI is InChI=1S/C13H14Cl2N4/c14-8-1-3-12(10(16)5-8)18-7-19-13-4-2-9(15)6-11(13)17/h1-6,18-19H,7,16-17H2. The lowest BCUT2D eigenvalue weighted by molar-refractivity contribution is 1.22. The van der Waals surface area contributed by atoms with Gasteiger partial charge < -0.3 is 22.1 Å². The molecule has 2 rings (SSSR count). The summed E-state index contributed by atoms with van der Waals surface area (Å²) >= 11 is 11.7. The second-order valence-corrected chi connectivity index (χ2v) is 4.87. The third-order valence-corrected chi connectivity index (χ3v) is 3.06. The topological polar surface area (TPSA) is 76.1 Å². The summed E-state index contributed by atoms with van der Waals surface area (Å²) < 4.78 is 0. The maximum absolute atomic E-state index is 5.83. The molecule has 2 aromatic carbocycles. The monoisotopic (exact) mass is 296 g/mol. The maximum atomic E-state index is 5.83. The van der Waals surface area contributed by atoms with Crippen molar-refractivity contribution < 1.29 is 0 Å². The molecule has 0 atom stereocenters. The lowest BCUT2D eigenvalue weighted by Gasteiger charge is -2.13. The van der Waals surface area contributed by atoms with Crippen LogP contribution in [0.4, 0.5) is 22.7 Å². The van der Waals surface area contributed by atoms with Gasteiger partial charge in [0.1, 0.15) is 0 Å². The van der Waals surface area contributed by atoms with Crippen LogP contribution in [0.5, 0.6) is 0 Å². The number of nitrogen functional groups attached to an aromatic ring is 2. The van der Waals surface area contributed by atoms with Gasteiger partial charge in [0.15, 0.2) is 0 Å². The molecule has 0 amide bonds. The van der Waals surface area contributed by atoms with Crippen molar-refractivity contribution in [3.63, 3.8) is 0 Å². The molecule has 0 heterocycles. The number of anilines is 4. The zero-order valence-corrected chi connectivity index (χ0v) is 11.6. The lowest BCUT2D eigenvalue weighted by atomic mass is 10.2. The van der Waals surface area contributed by atoms with Crippen molar-refractivity contribution in [1.82, 2.24) is 0 Å². The molecule has 6 N–H and O–H groups in total. The number of benzene rings is 2. The predicted molar refractivity (Wildman–Crippen MR) is 83.8 cm³/mol. The highest BCUT2D eigenvalue weighted by atomic mass is 35.5. The van der Waals surface area contributed by atoms with Crippen molar-refractivity contribution in [2.75, 3.05) is 28.8 Å². The summed E-state index contributed by atoms with van der Waals surface area (Å²) in [7, 11) is 0. The third-order valence-electron chi connectivity index (χ3n) is 2.58. The van der Waals surface area contributed by atoms with Crippen LogP contribution in [0.2, 0.25) is 10.0 Å². The Balaban J connectivity index is 1.96. The van der Waals surface area contributed by atoms with Crippen LogP contribution in [0.15, 0.2) is 36.4 Å². The van der Waals surface area contributed by atoms with Gasteiger partial charge in [0.2, 0.25) is 0 Å². The highest BCUT2D eigenvalue weighted by Gasteiger charge is 2.01. The van der Waals surface area contributed by atoms with E-state index in [0.29, 0.717) is 28.1 Å². The molecule has 0 bridgehead atoms. The van der Waals surface area contributed by atoms with E-state index in [0.717, 1.165) is 11.4 Å². The van der Waals surface area contributed by atoms with Gasteiger partial charge in [-0.05, 0) is 36.4 Å². The second kappa shape index (κ2) is 5.91. The van der Waals surface area contributed by atoms with Gasteiger partial charge in [0.25, 0.3) is 0 Å². The number of hydrogen-bond acceptors (Lipinski definition) is 4. The Bertz CT molecular complexity index is 535. The van der Waals surface area contributed by atoms with Gasteiger partial charge in [0.05, 0.1) is 29.4 Å². The Morgan fingerprint density at radius 2 is 1.21 bits per heavy atom. The second-order valence-electron chi connectivity index (χ2n) is 3.99.